The van der Waals surface area contributed by atoms with E-state index in [1.807, 2.05) is 6.07 Å². The normalized spacial score (nSPS) is 20.3. The maximum Gasteiger partial charge on any atom is 0.225 e. The van der Waals surface area contributed by atoms with Crippen LogP contribution < -0.4 is 10.2 Å². The molecule has 22 heavy (non-hydrogen) atoms. The number of amides is 1. The molecule has 2 fully saturated rings. The highest BCUT2D eigenvalue weighted by Gasteiger charge is 2.19. The van der Waals surface area contributed by atoms with E-state index >= 15 is 0 Å². The van der Waals surface area contributed by atoms with Crippen molar-refractivity contribution in [2.24, 2.45) is 5.92 Å². The average molecular weight is 303 g/mol. The zero-order valence-electron chi connectivity index (χ0n) is 13.3. The zero-order chi connectivity index (χ0) is 15.4. The number of nitrogens with zero attached hydrogens (tertiary/aromatic N) is 4. The van der Waals surface area contributed by atoms with Crippen LogP contribution in [0, 0.1) is 5.92 Å². The number of rotatable bonds is 4. The van der Waals surface area contributed by atoms with Crippen molar-refractivity contribution in [3.63, 3.8) is 0 Å². The van der Waals surface area contributed by atoms with Crippen LogP contribution >= 0.6 is 0 Å². The summed E-state index contributed by atoms with van der Waals surface area (Å²) in [6, 6.07) is 1.89. The number of likely N-dealkylation sites (N-methyl/N-ethyl adjacent to an activating group) is 1. The first kappa shape index (κ1) is 15.2. The summed E-state index contributed by atoms with van der Waals surface area (Å²) in [7, 11) is 2.13. The van der Waals surface area contributed by atoms with Crippen LogP contribution in [0.25, 0.3) is 0 Å². The van der Waals surface area contributed by atoms with E-state index in [1.54, 1.807) is 6.33 Å². The summed E-state index contributed by atoms with van der Waals surface area (Å²) in [5.41, 5.74) is 0. The predicted octanol–water partition coefficient (Wildman–Crippen LogP) is 1.75. The van der Waals surface area contributed by atoms with E-state index in [4.69, 9.17) is 0 Å². The lowest BCUT2D eigenvalue weighted by Gasteiger charge is -2.33. The van der Waals surface area contributed by atoms with Crippen molar-refractivity contribution in [1.29, 1.82) is 0 Å². The molecule has 0 radical (unpaired) electrons. The van der Waals surface area contributed by atoms with Crippen LogP contribution in [0.1, 0.15) is 32.1 Å². The van der Waals surface area contributed by atoms with Gasteiger partial charge in [0.1, 0.15) is 18.0 Å². The third kappa shape index (κ3) is 3.94. The van der Waals surface area contributed by atoms with E-state index < -0.39 is 0 Å². The highest BCUT2D eigenvalue weighted by atomic mass is 16.1. The fourth-order valence-corrected chi connectivity index (χ4v) is 3.29. The molecule has 2 aliphatic rings. The fraction of sp³-hybridized carbons (Fsp3) is 0.688. The number of nitrogens with one attached hydrogen (secondary N) is 1. The van der Waals surface area contributed by atoms with Gasteiger partial charge in [0, 0.05) is 38.7 Å². The molecule has 0 unspecified atom stereocenters. The molecular formula is C16H25N5O. The minimum Gasteiger partial charge on any atom is -0.354 e. The molecule has 1 aromatic heterocycles. The standard InChI is InChI=1S/C16H25N5O/c1-20-6-8-21(9-7-20)15-11-14(17-12-18-15)19-16(22)10-13-4-2-3-5-13/h11-13H,2-10H2,1H3,(H,17,18,19,22). The van der Waals surface area contributed by atoms with E-state index in [0.29, 0.717) is 18.2 Å². The van der Waals surface area contributed by atoms with Crippen LogP contribution in [0.4, 0.5) is 11.6 Å². The first-order valence-electron chi connectivity index (χ1n) is 8.26. The lowest BCUT2D eigenvalue weighted by Crippen LogP contribution is -2.44. The number of carbonyl (C=O) groups excluding carboxylic acids is 1. The third-order valence-electron chi connectivity index (χ3n) is 4.70. The molecule has 0 bridgehead atoms. The Morgan fingerprint density at radius 2 is 1.95 bits per heavy atom. The molecule has 1 aromatic rings. The van der Waals surface area contributed by atoms with E-state index in [1.165, 1.54) is 25.7 Å². The predicted molar refractivity (Wildman–Crippen MR) is 86.9 cm³/mol. The second-order valence-corrected chi connectivity index (χ2v) is 6.45. The van der Waals surface area contributed by atoms with E-state index in [2.05, 4.69) is 32.1 Å². The Bertz CT molecular complexity index is 507. The smallest absolute Gasteiger partial charge is 0.225 e. The molecule has 1 amide bonds. The molecule has 6 nitrogen and oxygen atoms in total. The number of anilines is 2. The van der Waals surface area contributed by atoms with Gasteiger partial charge in [-0.2, -0.15) is 0 Å². The molecule has 1 aliphatic heterocycles. The second kappa shape index (κ2) is 7.05. The van der Waals surface area contributed by atoms with Crippen LogP contribution in [-0.4, -0.2) is 54.0 Å². The SMILES string of the molecule is CN1CCN(c2cc(NC(=O)CC3CCCC3)ncn2)CC1. The van der Waals surface area contributed by atoms with Crippen LogP contribution in [0.5, 0.6) is 0 Å². The fourth-order valence-electron chi connectivity index (χ4n) is 3.29. The molecule has 6 heteroatoms. The molecule has 2 heterocycles. The molecule has 0 spiro atoms. The zero-order valence-corrected chi connectivity index (χ0v) is 13.3. The Hall–Kier alpha value is -1.69. The minimum absolute atomic E-state index is 0.0786. The summed E-state index contributed by atoms with van der Waals surface area (Å²) in [4.78, 5) is 25.2. The summed E-state index contributed by atoms with van der Waals surface area (Å²) >= 11 is 0. The van der Waals surface area contributed by atoms with Crippen molar-refractivity contribution in [3.8, 4) is 0 Å². The van der Waals surface area contributed by atoms with Gasteiger partial charge >= 0.3 is 0 Å². The van der Waals surface area contributed by atoms with Gasteiger partial charge in [-0.1, -0.05) is 12.8 Å². The summed E-state index contributed by atoms with van der Waals surface area (Å²) in [6.45, 7) is 3.99. The first-order chi connectivity index (χ1) is 10.7. The van der Waals surface area contributed by atoms with Gasteiger partial charge < -0.3 is 15.1 Å². The Balaban J connectivity index is 1.57. The van der Waals surface area contributed by atoms with Crippen molar-refractivity contribution in [2.75, 3.05) is 43.4 Å². The Morgan fingerprint density at radius 1 is 1.23 bits per heavy atom. The average Bonchev–Trinajstić information content (AvgIpc) is 3.01. The molecule has 120 valence electrons. The summed E-state index contributed by atoms with van der Waals surface area (Å²) in [5, 5.41) is 2.93. The van der Waals surface area contributed by atoms with E-state index in [-0.39, 0.29) is 5.91 Å². The van der Waals surface area contributed by atoms with E-state index in [9.17, 15) is 4.79 Å². The molecule has 1 N–H and O–H groups in total. The number of piperazine rings is 1. The van der Waals surface area contributed by atoms with Gasteiger partial charge in [-0.05, 0) is 25.8 Å². The summed E-state index contributed by atoms with van der Waals surface area (Å²) in [5.74, 6) is 2.15. The number of aromatic nitrogens is 2. The molecule has 0 aromatic carbocycles. The van der Waals surface area contributed by atoms with Crippen LogP contribution in [0.2, 0.25) is 0 Å². The van der Waals surface area contributed by atoms with Crippen molar-refractivity contribution in [1.82, 2.24) is 14.9 Å². The second-order valence-electron chi connectivity index (χ2n) is 6.45. The molecule has 1 saturated carbocycles. The maximum atomic E-state index is 12.1. The molecule has 0 atom stereocenters. The van der Waals surface area contributed by atoms with Gasteiger partial charge in [0.25, 0.3) is 0 Å². The number of hydrogen-bond acceptors (Lipinski definition) is 5. The molecule has 1 saturated heterocycles. The lowest BCUT2D eigenvalue weighted by atomic mass is 10.0. The van der Waals surface area contributed by atoms with Crippen LogP contribution in [0.3, 0.4) is 0 Å². The Labute approximate surface area is 131 Å². The highest BCUT2D eigenvalue weighted by Crippen LogP contribution is 2.27. The van der Waals surface area contributed by atoms with Gasteiger partial charge in [0.2, 0.25) is 5.91 Å². The number of hydrogen-bond donors (Lipinski definition) is 1. The summed E-state index contributed by atoms with van der Waals surface area (Å²) in [6.07, 6.45) is 7.05. The van der Waals surface area contributed by atoms with E-state index in [0.717, 1.165) is 32.0 Å². The van der Waals surface area contributed by atoms with Crippen LogP contribution in [0.15, 0.2) is 12.4 Å². The monoisotopic (exact) mass is 303 g/mol. The molecular weight excluding hydrogens is 278 g/mol. The van der Waals surface area contributed by atoms with Gasteiger partial charge in [-0.3, -0.25) is 4.79 Å². The van der Waals surface area contributed by atoms with Crippen molar-refractivity contribution in [2.45, 2.75) is 32.1 Å². The third-order valence-corrected chi connectivity index (χ3v) is 4.70. The van der Waals surface area contributed by atoms with Gasteiger partial charge in [-0.15, -0.1) is 0 Å². The minimum atomic E-state index is 0.0786. The number of carbonyl (C=O) groups is 1. The highest BCUT2D eigenvalue weighted by molar-refractivity contribution is 5.90. The molecule has 1 aliphatic carbocycles. The van der Waals surface area contributed by atoms with Gasteiger partial charge in [0.15, 0.2) is 0 Å². The lowest BCUT2D eigenvalue weighted by molar-refractivity contribution is -0.117. The van der Waals surface area contributed by atoms with Gasteiger partial charge in [-0.25, -0.2) is 9.97 Å². The van der Waals surface area contributed by atoms with Gasteiger partial charge in [0.05, 0.1) is 0 Å². The topological polar surface area (TPSA) is 61.4 Å². The maximum absolute atomic E-state index is 12.1. The first-order valence-corrected chi connectivity index (χ1v) is 8.26. The Kier molecular flexibility index (Phi) is 4.87. The summed E-state index contributed by atoms with van der Waals surface area (Å²) < 4.78 is 0. The van der Waals surface area contributed by atoms with Crippen molar-refractivity contribution < 1.29 is 4.79 Å². The molecule has 3 rings (SSSR count). The largest absolute Gasteiger partial charge is 0.354 e. The Morgan fingerprint density at radius 3 is 2.68 bits per heavy atom. The van der Waals surface area contributed by atoms with Crippen LogP contribution in [-0.2, 0) is 4.79 Å². The van der Waals surface area contributed by atoms with Crippen molar-refractivity contribution in [3.05, 3.63) is 12.4 Å². The quantitative estimate of drug-likeness (QED) is 0.918. The van der Waals surface area contributed by atoms with Crippen molar-refractivity contribution >= 4 is 17.5 Å².